The Balaban J connectivity index is 2.50. The minimum Gasteiger partial charge on any atom is -0.496 e. The lowest BCUT2D eigenvalue weighted by atomic mass is 9.91. The van der Waals surface area contributed by atoms with Crippen LogP contribution in [0.3, 0.4) is 0 Å². The molecule has 0 aliphatic heterocycles. The topological polar surface area (TPSA) is 46.5 Å². The summed E-state index contributed by atoms with van der Waals surface area (Å²) in [5, 5.41) is 8.88. The van der Waals surface area contributed by atoms with Crippen LogP contribution in [0.5, 0.6) is 5.75 Å². The van der Waals surface area contributed by atoms with Crippen molar-refractivity contribution in [2.75, 3.05) is 7.11 Å². The third-order valence-electron chi connectivity index (χ3n) is 3.15. The van der Waals surface area contributed by atoms with E-state index in [9.17, 15) is 9.18 Å². The Labute approximate surface area is 103 Å². The lowest BCUT2D eigenvalue weighted by Crippen LogP contribution is -2.16. The van der Waals surface area contributed by atoms with Gasteiger partial charge in [0.05, 0.1) is 18.6 Å². The van der Waals surface area contributed by atoms with E-state index in [1.165, 1.54) is 13.2 Å². The van der Waals surface area contributed by atoms with Crippen LogP contribution >= 0.6 is 11.6 Å². The minimum atomic E-state index is -0.941. The number of aliphatic carboxylic acids is 1. The molecule has 0 spiro atoms. The molecule has 5 heteroatoms. The molecule has 0 atom stereocenters. The van der Waals surface area contributed by atoms with Crippen LogP contribution in [0, 0.1) is 5.82 Å². The smallest absolute Gasteiger partial charge is 0.304 e. The van der Waals surface area contributed by atoms with E-state index in [1.54, 1.807) is 6.07 Å². The van der Waals surface area contributed by atoms with Gasteiger partial charge in [-0.05, 0) is 25.0 Å². The zero-order chi connectivity index (χ0) is 12.6. The fourth-order valence-corrected chi connectivity index (χ4v) is 2.31. The van der Waals surface area contributed by atoms with Crippen molar-refractivity contribution in [1.82, 2.24) is 0 Å². The van der Waals surface area contributed by atoms with Crippen LogP contribution < -0.4 is 4.74 Å². The van der Waals surface area contributed by atoms with Gasteiger partial charge in [0.2, 0.25) is 0 Å². The van der Waals surface area contributed by atoms with E-state index < -0.39 is 17.2 Å². The minimum absolute atomic E-state index is 0.00235. The van der Waals surface area contributed by atoms with Crippen LogP contribution in [0.4, 0.5) is 4.39 Å². The number of carbonyl (C=O) groups is 1. The highest BCUT2D eigenvalue weighted by Gasteiger charge is 2.49. The molecule has 1 aromatic rings. The van der Waals surface area contributed by atoms with Gasteiger partial charge in [-0.1, -0.05) is 11.6 Å². The first-order chi connectivity index (χ1) is 8.00. The lowest BCUT2D eigenvalue weighted by Gasteiger charge is -2.18. The van der Waals surface area contributed by atoms with Crippen molar-refractivity contribution in [3.8, 4) is 5.75 Å². The summed E-state index contributed by atoms with van der Waals surface area (Å²) in [5.74, 6) is -1.14. The van der Waals surface area contributed by atoms with Crippen molar-refractivity contribution in [1.29, 1.82) is 0 Å². The van der Waals surface area contributed by atoms with Crippen molar-refractivity contribution in [3.05, 3.63) is 28.5 Å². The number of methoxy groups -OCH3 is 1. The summed E-state index contributed by atoms with van der Waals surface area (Å²) in [6, 6.07) is 2.98. The average Bonchev–Trinajstić information content (AvgIpc) is 3.01. The standard InChI is InChI=1S/C12H12ClFO3/c1-17-8-3-2-7(13)11(14)10(8)12(4-5-12)6-9(15)16/h2-3H,4-6H2,1H3,(H,15,16). The molecule has 1 fully saturated rings. The highest BCUT2D eigenvalue weighted by atomic mass is 35.5. The van der Waals surface area contributed by atoms with Crippen LogP contribution in [0.25, 0.3) is 0 Å². The Kier molecular flexibility index (Phi) is 3.00. The Morgan fingerprint density at radius 1 is 1.59 bits per heavy atom. The largest absolute Gasteiger partial charge is 0.496 e. The van der Waals surface area contributed by atoms with E-state index in [-0.39, 0.29) is 11.4 Å². The lowest BCUT2D eigenvalue weighted by molar-refractivity contribution is -0.137. The highest BCUT2D eigenvalue weighted by molar-refractivity contribution is 6.30. The molecule has 1 aromatic carbocycles. The monoisotopic (exact) mass is 258 g/mol. The molecule has 0 unspecified atom stereocenters. The fourth-order valence-electron chi connectivity index (χ4n) is 2.15. The second-order valence-electron chi connectivity index (χ2n) is 4.29. The molecular weight excluding hydrogens is 247 g/mol. The summed E-state index contributed by atoms with van der Waals surface area (Å²) in [6.45, 7) is 0. The predicted octanol–water partition coefficient (Wildman–Crippen LogP) is 2.99. The number of benzene rings is 1. The van der Waals surface area contributed by atoms with E-state index in [1.807, 2.05) is 0 Å². The molecule has 0 bridgehead atoms. The molecule has 17 heavy (non-hydrogen) atoms. The molecule has 3 nitrogen and oxygen atoms in total. The van der Waals surface area contributed by atoms with E-state index in [0.717, 1.165) is 0 Å². The fraction of sp³-hybridized carbons (Fsp3) is 0.417. The predicted molar refractivity (Wildman–Crippen MR) is 61.1 cm³/mol. The first kappa shape index (κ1) is 12.2. The number of carboxylic acids is 1. The Morgan fingerprint density at radius 2 is 2.24 bits per heavy atom. The van der Waals surface area contributed by atoms with E-state index in [2.05, 4.69) is 0 Å². The molecule has 0 amide bonds. The molecule has 1 aliphatic carbocycles. The molecule has 0 saturated heterocycles. The number of carboxylic acid groups (broad SMARTS) is 1. The second-order valence-corrected chi connectivity index (χ2v) is 4.70. The number of ether oxygens (including phenoxy) is 1. The molecule has 1 saturated carbocycles. The summed E-state index contributed by atoms with van der Waals surface area (Å²) in [5.41, 5.74) is -0.346. The Bertz CT molecular complexity index is 469. The number of hydrogen-bond donors (Lipinski definition) is 1. The van der Waals surface area contributed by atoms with Crippen LogP contribution in [0.1, 0.15) is 24.8 Å². The van der Waals surface area contributed by atoms with Gasteiger partial charge in [-0.3, -0.25) is 4.79 Å². The van der Waals surface area contributed by atoms with Crippen molar-refractivity contribution >= 4 is 17.6 Å². The van der Waals surface area contributed by atoms with E-state index >= 15 is 0 Å². The van der Waals surface area contributed by atoms with Gasteiger partial charge in [0, 0.05) is 11.0 Å². The van der Waals surface area contributed by atoms with Gasteiger partial charge >= 0.3 is 5.97 Å². The van der Waals surface area contributed by atoms with E-state index in [4.69, 9.17) is 21.4 Å². The third kappa shape index (κ3) is 2.09. The SMILES string of the molecule is COc1ccc(Cl)c(F)c1C1(CC(=O)O)CC1. The Morgan fingerprint density at radius 3 is 2.71 bits per heavy atom. The van der Waals surface area contributed by atoms with Gasteiger partial charge in [0.25, 0.3) is 0 Å². The van der Waals surface area contributed by atoms with Gasteiger partial charge in [0.1, 0.15) is 11.6 Å². The molecule has 1 aliphatic rings. The number of halogens is 2. The summed E-state index contributed by atoms with van der Waals surface area (Å²) >= 11 is 5.74. The van der Waals surface area contributed by atoms with Gasteiger partial charge in [-0.15, -0.1) is 0 Å². The maximum Gasteiger partial charge on any atom is 0.304 e. The molecule has 2 rings (SSSR count). The first-order valence-electron chi connectivity index (χ1n) is 5.24. The maximum atomic E-state index is 14.0. The number of rotatable bonds is 4. The summed E-state index contributed by atoms with van der Waals surface area (Å²) in [4.78, 5) is 10.8. The second kappa shape index (κ2) is 4.18. The van der Waals surface area contributed by atoms with Crippen LogP contribution in [0.2, 0.25) is 5.02 Å². The zero-order valence-electron chi connectivity index (χ0n) is 9.30. The van der Waals surface area contributed by atoms with Crippen LogP contribution in [-0.2, 0) is 10.2 Å². The van der Waals surface area contributed by atoms with Gasteiger partial charge in [0.15, 0.2) is 0 Å². The zero-order valence-corrected chi connectivity index (χ0v) is 10.1. The van der Waals surface area contributed by atoms with Crippen molar-refractivity contribution < 1.29 is 19.0 Å². The van der Waals surface area contributed by atoms with Gasteiger partial charge < -0.3 is 9.84 Å². The highest BCUT2D eigenvalue weighted by Crippen LogP contribution is 2.55. The summed E-state index contributed by atoms with van der Waals surface area (Å²) in [7, 11) is 1.43. The average molecular weight is 259 g/mol. The molecule has 0 radical (unpaired) electrons. The van der Waals surface area contributed by atoms with Crippen LogP contribution in [0.15, 0.2) is 12.1 Å². The first-order valence-corrected chi connectivity index (χ1v) is 5.62. The van der Waals surface area contributed by atoms with E-state index in [0.29, 0.717) is 24.2 Å². The molecule has 92 valence electrons. The van der Waals surface area contributed by atoms with Gasteiger partial charge in [-0.25, -0.2) is 4.39 Å². The maximum absolute atomic E-state index is 14.0. The molecule has 1 N–H and O–H groups in total. The summed E-state index contributed by atoms with van der Waals surface area (Å²) < 4.78 is 19.1. The summed E-state index contributed by atoms with van der Waals surface area (Å²) in [6.07, 6.45) is 1.19. The van der Waals surface area contributed by atoms with Crippen LogP contribution in [-0.4, -0.2) is 18.2 Å². The third-order valence-corrected chi connectivity index (χ3v) is 3.44. The molecular formula is C12H12ClFO3. The van der Waals surface area contributed by atoms with Gasteiger partial charge in [-0.2, -0.15) is 0 Å². The Hall–Kier alpha value is -1.29. The normalized spacial score (nSPS) is 16.6. The van der Waals surface area contributed by atoms with Crippen molar-refractivity contribution in [2.45, 2.75) is 24.7 Å². The molecule has 0 heterocycles. The van der Waals surface area contributed by atoms with Crippen molar-refractivity contribution in [3.63, 3.8) is 0 Å². The molecule has 0 aromatic heterocycles. The quantitative estimate of drug-likeness (QED) is 0.903. The number of hydrogen-bond acceptors (Lipinski definition) is 2. The van der Waals surface area contributed by atoms with Crippen molar-refractivity contribution in [2.24, 2.45) is 0 Å².